The molecule has 12 rings (SSSR count). The molecule has 0 radical (unpaired) electrons. The Kier molecular flexibility index (Phi) is 6.64. The van der Waals surface area contributed by atoms with Crippen molar-refractivity contribution in [1.29, 1.82) is 0 Å². The Morgan fingerprint density at radius 1 is 0.623 bits per heavy atom. The number of hydrogen-bond acceptors (Lipinski definition) is 1. The highest BCUT2D eigenvalue weighted by Gasteiger charge is 2.68. The van der Waals surface area contributed by atoms with Crippen molar-refractivity contribution in [2.24, 2.45) is 0 Å². The van der Waals surface area contributed by atoms with Gasteiger partial charge in [-0.2, -0.15) is 4.57 Å². The summed E-state index contributed by atoms with van der Waals surface area (Å²) in [5, 5.41) is 0. The second-order valence-corrected chi connectivity index (χ2v) is 18.0. The lowest BCUT2D eigenvalue weighted by Gasteiger charge is -2.33. The third-order valence-corrected chi connectivity index (χ3v) is 13.1. The predicted octanol–water partition coefficient (Wildman–Crippen LogP) is 13.2. The van der Waals surface area contributed by atoms with Crippen LogP contribution in [0.4, 0.5) is 0 Å². The zero-order chi connectivity index (χ0) is 44.8. The number of hydrogen-bond donors (Lipinski definition) is 0. The highest BCUT2D eigenvalue weighted by Crippen LogP contribution is 2.55. The Balaban J connectivity index is 1.23. The Labute approximate surface area is 363 Å². The Morgan fingerprint density at radius 2 is 1.31 bits per heavy atom. The minimum Gasteiger partial charge on any atom is -0.392 e. The number of ether oxygens (including phenoxy) is 1. The molecule has 0 bridgehead atoms. The zero-order valence-electron chi connectivity index (χ0n) is 38.9. The van der Waals surface area contributed by atoms with Crippen LogP contribution >= 0.6 is 0 Å². The summed E-state index contributed by atoms with van der Waals surface area (Å²) in [6.07, 6.45) is 2.15. The number of para-hydroxylation sites is 2. The fraction of sp³-hybridized carbons (Fsp3) is 0.158. The average Bonchev–Trinajstić information content (AvgIpc) is 3.79. The molecule has 5 heterocycles. The minimum atomic E-state index is -2.18. The fourth-order valence-corrected chi connectivity index (χ4v) is 10.2. The van der Waals surface area contributed by atoms with E-state index in [0.29, 0.717) is 5.56 Å². The topological polar surface area (TPSA) is 21.9 Å². The Morgan fingerprint density at radius 3 is 2.03 bits per heavy atom. The molecule has 61 heavy (non-hydrogen) atoms. The van der Waals surface area contributed by atoms with Crippen molar-refractivity contribution in [3.8, 4) is 78.6 Å². The van der Waals surface area contributed by atoms with Gasteiger partial charge < -0.3 is 4.74 Å². The first kappa shape index (κ1) is 31.8. The maximum absolute atomic E-state index is 9.52. The van der Waals surface area contributed by atoms with Crippen molar-refractivity contribution in [2.45, 2.75) is 58.6 Å². The fourth-order valence-electron chi connectivity index (χ4n) is 10.2. The number of fused-ring (bicyclic) bond motifs is 5. The molecule has 1 spiro atoms. The van der Waals surface area contributed by atoms with Gasteiger partial charge in [-0.15, -0.1) is 9.13 Å². The van der Waals surface area contributed by atoms with Crippen molar-refractivity contribution in [2.75, 3.05) is 0 Å². The summed E-state index contributed by atoms with van der Waals surface area (Å²) in [5.74, 6) is -0.288. The molecular weight excluding hydrogens is 743 g/mol. The number of aryl methyl sites for hydroxylation is 1. The van der Waals surface area contributed by atoms with Gasteiger partial charge in [0.1, 0.15) is 22.6 Å². The van der Waals surface area contributed by atoms with Crippen LogP contribution in [0.2, 0.25) is 0 Å². The van der Waals surface area contributed by atoms with Crippen LogP contribution in [0.1, 0.15) is 68.2 Å². The normalized spacial score (nSPS) is 16.7. The summed E-state index contributed by atoms with van der Waals surface area (Å²) in [6, 6.07) is 57.1. The van der Waals surface area contributed by atoms with Gasteiger partial charge >= 0.3 is 11.7 Å². The number of benzene rings is 7. The smallest absolute Gasteiger partial charge is 0.392 e. The Hall–Kier alpha value is -7.04. The molecule has 3 aliphatic rings. The standard InChI is InChI=1S/C57H47N3O/c1-35(2)44-33-46(39-18-11-8-12-19-39)51(34-45(44)38-16-9-7-10-17-38)59-49-22-15-21-42-47-31-41(56(4,5)6)32-48-50-30-40(37-26-24-36(3)25-27-37)28-29-58(50)57(53(47)48)60(54(42)49)55(59)43-20-13-14-23-52(43)61-57/h7-35H,1-6H3/q+2/i3D3,35D. The summed E-state index contributed by atoms with van der Waals surface area (Å²) in [7, 11) is 0. The summed E-state index contributed by atoms with van der Waals surface area (Å²) < 4.78 is 48.4. The molecular formula is C57H47N3O+2. The lowest BCUT2D eigenvalue weighted by Crippen LogP contribution is -2.78. The second kappa shape index (κ2) is 12.7. The van der Waals surface area contributed by atoms with Crippen molar-refractivity contribution < 1.29 is 19.4 Å². The molecule has 0 fully saturated rings. The molecule has 1 unspecified atom stereocenters. The van der Waals surface area contributed by atoms with Gasteiger partial charge in [0, 0.05) is 34.3 Å². The van der Waals surface area contributed by atoms with Gasteiger partial charge in [0.15, 0.2) is 17.2 Å². The first-order valence-corrected chi connectivity index (χ1v) is 21.2. The van der Waals surface area contributed by atoms with Crippen LogP contribution < -0.4 is 13.9 Å². The van der Waals surface area contributed by atoms with Crippen LogP contribution in [0.5, 0.6) is 5.75 Å². The summed E-state index contributed by atoms with van der Waals surface area (Å²) in [5.41, 5.74) is 18.0. The van der Waals surface area contributed by atoms with E-state index in [4.69, 9.17) is 8.85 Å². The molecule has 9 aromatic rings. The average molecular weight is 794 g/mol. The van der Waals surface area contributed by atoms with E-state index in [2.05, 4.69) is 174 Å². The number of imidazole rings is 1. The van der Waals surface area contributed by atoms with Gasteiger partial charge in [0.25, 0.3) is 0 Å². The van der Waals surface area contributed by atoms with Crippen LogP contribution in [-0.4, -0.2) is 4.57 Å². The van der Waals surface area contributed by atoms with Crippen LogP contribution in [0.15, 0.2) is 170 Å². The van der Waals surface area contributed by atoms with Crippen LogP contribution in [-0.2, 0) is 11.3 Å². The molecule has 0 aliphatic carbocycles. The van der Waals surface area contributed by atoms with Crippen molar-refractivity contribution in [3.05, 3.63) is 192 Å². The highest BCUT2D eigenvalue weighted by molar-refractivity contribution is 5.99. The predicted molar refractivity (Wildman–Crippen MR) is 247 cm³/mol. The number of aromatic nitrogens is 3. The van der Waals surface area contributed by atoms with Crippen LogP contribution in [0.3, 0.4) is 0 Å². The van der Waals surface area contributed by atoms with Crippen LogP contribution in [0, 0.1) is 6.85 Å². The summed E-state index contributed by atoms with van der Waals surface area (Å²) in [6.45, 7) is 8.58. The molecule has 2 aromatic heterocycles. The van der Waals surface area contributed by atoms with Crippen molar-refractivity contribution >= 4 is 11.0 Å². The maximum Gasteiger partial charge on any atom is 0.499 e. The van der Waals surface area contributed by atoms with Crippen molar-refractivity contribution in [1.82, 2.24) is 4.57 Å². The third-order valence-electron chi connectivity index (χ3n) is 13.1. The van der Waals surface area contributed by atoms with E-state index < -0.39 is 18.6 Å². The molecule has 294 valence electrons. The zero-order valence-corrected chi connectivity index (χ0v) is 34.9. The van der Waals surface area contributed by atoms with Crippen LogP contribution in [0.25, 0.3) is 83.9 Å². The highest BCUT2D eigenvalue weighted by atomic mass is 16.5. The lowest BCUT2D eigenvalue weighted by molar-refractivity contribution is -0.997. The molecule has 0 N–H and O–H groups in total. The van der Waals surface area contributed by atoms with E-state index in [0.717, 1.165) is 101 Å². The van der Waals surface area contributed by atoms with Gasteiger partial charge in [-0.05, 0) is 106 Å². The van der Waals surface area contributed by atoms with Gasteiger partial charge in [-0.1, -0.05) is 143 Å². The quantitative estimate of drug-likeness (QED) is 0.159. The van der Waals surface area contributed by atoms with E-state index in [1.54, 1.807) is 12.1 Å². The molecule has 0 amide bonds. The molecule has 4 nitrogen and oxygen atoms in total. The third kappa shape index (κ3) is 4.99. The SMILES string of the molecule is [2H]C([2H])([2H])c1ccc(-c2cc[n+]3c(c2)-c2cc(C(C)(C)C)cc4c2C32Oc3ccccc3-c3n(-c5cc(-c6ccccc6)c(C([2H])(C)C)cc5-c5ccccc5)c5cccc-4c5[n+]32)cc1. The van der Waals surface area contributed by atoms with E-state index in [1.807, 2.05) is 32.0 Å². The van der Waals surface area contributed by atoms with E-state index >= 15 is 0 Å². The number of pyridine rings is 1. The van der Waals surface area contributed by atoms with Gasteiger partial charge in [-0.25, -0.2) is 0 Å². The molecule has 4 heteroatoms. The number of nitrogens with zero attached hydrogens (tertiary/aromatic N) is 3. The second-order valence-electron chi connectivity index (χ2n) is 18.0. The van der Waals surface area contributed by atoms with Gasteiger partial charge in [0.2, 0.25) is 5.69 Å². The number of rotatable bonds is 5. The van der Waals surface area contributed by atoms with E-state index in [9.17, 15) is 1.37 Å². The molecule has 1 atom stereocenters. The van der Waals surface area contributed by atoms with Gasteiger partial charge in [-0.3, -0.25) is 0 Å². The maximum atomic E-state index is 9.52. The first-order valence-electron chi connectivity index (χ1n) is 23.2. The lowest BCUT2D eigenvalue weighted by atomic mass is 9.80. The molecule has 0 saturated carbocycles. The molecule has 0 saturated heterocycles. The molecule has 7 aromatic carbocycles. The van der Waals surface area contributed by atoms with Crippen molar-refractivity contribution in [3.63, 3.8) is 0 Å². The molecule has 3 aliphatic heterocycles. The first-order chi connectivity index (χ1) is 31.1. The Bertz CT molecular complexity index is 3450. The summed E-state index contributed by atoms with van der Waals surface area (Å²) >= 11 is 0. The monoisotopic (exact) mass is 793 g/mol. The minimum absolute atomic E-state index is 0.168. The largest absolute Gasteiger partial charge is 0.499 e. The van der Waals surface area contributed by atoms with E-state index in [1.165, 1.54) is 5.56 Å². The van der Waals surface area contributed by atoms with Gasteiger partial charge in [0.05, 0.1) is 5.56 Å². The summed E-state index contributed by atoms with van der Waals surface area (Å²) in [4.78, 5) is 0. The van der Waals surface area contributed by atoms with E-state index in [-0.39, 0.29) is 5.41 Å².